The quantitative estimate of drug-likeness (QED) is 0.702. The number of amides is 3. The number of rotatable bonds is 7. The first kappa shape index (κ1) is 23.0. The average Bonchev–Trinajstić information content (AvgIpc) is 3.22. The van der Waals surface area contributed by atoms with Crippen LogP contribution in [0.3, 0.4) is 0 Å². The Hall–Kier alpha value is -3.19. The minimum Gasteiger partial charge on any atom is -0.355 e. The fraction of sp³-hybridized carbons (Fsp3) is 0.423. The lowest BCUT2D eigenvalue weighted by Crippen LogP contribution is -2.50. The van der Waals surface area contributed by atoms with Crippen molar-refractivity contribution in [3.63, 3.8) is 0 Å². The first-order valence-electron chi connectivity index (χ1n) is 11.7. The number of para-hydroxylation sites is 1. The van der Waals surface area contributed by atoms with Gasteiger partial charge in [-0.3, -0.25) is 19.3 Å². The lowest BCUT2D eigenvalue weighted by Gasteiger charge is -2.34. The Morgan fingerprint density at radius 2 is 1.76 bits per heavy atom. The third-order valence-electron chi connectivity index (χ3n) is 6.45. The molecule has 0 radical (unpaired) electrons. The molecule has 2 saturated heterocycles. The van der Waals surface area contributed by atoms with Crippen LogP contribution in [0.25, 0.3) is 0 Å². The van der Waals surface area contributed by atoms with Crippen LogP contribution < -0.4 is 10.2 Å². The van der Waals surface area contributed by atoms with E-state index in [0.29, 0.717) is 32.6 Å². The van der Waals surface area contributed by atoms with Crippen LogP contribution in [0.5, 0.6) is 0 Å². The highest BCUT2D eigenvalue weighted by Gasteiger charge is 2.35. The first-order chi connectivity index (χ1) is 16.0. The molecule has 2 fully saturated rings. The van der Waals surface area contributed by atoms with Gasteiger partial charge in [0.1, 0.15) is 0 Å². The standard InChI is InChI=1S/C26H32N4O3/c1-20-6-5-7-21(16-20)17-24(31)29-14-12-28(13-15-29)11-10-27-26(33)22-18-25(32)30(19-22)23-8-3-2-4-9-23/h2-9,16,22H,10-15,17-19H2,1H3,(H,27,33). The van der Waals surface area contributed by atoms with Crippen molar-refractivity contribution < 1.29 is 14.4 Å². The van der Waals surface area contributed by atoms with Gasteiger partial charge in [0, 0.05) is 57.9 Å². The zero-order valence-corrected chi connectivity index (χ0v) is 19.2. The zero-order chi connectivity index (χ0) is 23.2. The average molecular weight is 449 g/mol. The van der Waals surface area contributed by atoms with Crippen LogP contribution in [0.15, 0.2) is 54.6 Å². The van der Waals surface area contributed by atoms with Gasteiger partial charge in [0.15, 0.2) is 0 Å². The van der Waals surface area contributed by atoms with Gasteiger partial charge in [0.25, 0.3) is 0 Å². The number of carbonyl (C=O) groups excluding carboxylic acids is 3. The van der Waals surface area contributed by atoms with Crippen LogP contribution in [-0.2, 0) is 20.8 Å². The molecule has 2 heterocycles. The van der Waals surface area contributed by atoms with Crippen LogP contribution in [0, 0.1) is 12.8 Å². The monoisotopic (exact) mass is 448 g/mol. The first-order valence-corrected chi connectivity index (χ1v) is 11.7. The highest BCUT2D eigenvalue weighted by Crippen LogP contribution is 2.24. The second kappa shape index (κ2) is 10.6. The molecule has 0 saturated carbocycles. The van der Waals surface area contributed by atoms with Gasteiger partial charge in [-0.25, -0.2) is 0 Å². The third-order valence-corrected chi connectivity index (χ3v) is 6.45. The van der Waals surface area contributed by atoms with E-state index in [4.69, 9.17) is 0 Å². The summed E-state index contributed by atoms with van der Waals surface area (Å²) < 4.78 is 0. The number of hydrogen-bond donors (Lipinski definition) is 1. The van der Waals surface area contributed by atoms with Crippen molar-refractivity contribution in [1.29, 1.82) is 0 Å². The number of anilines is 1. The molecule has 2 aliphatic rings. The second-order valence-electron chi connectivity index (χ2n) is 8.92. The SMILES string of the molecule is Cc1cccc(CC(=O)N2CCN(CCNC(=O)C3CC(=O)N(c4ccccc4)C3)CC2)c1. The molecule has 3 amide bonds. The van der Waals surface area contributed by atoms with Crippen LogP contribution in [0.4, 0.5) is 5.69 Å². The lowest BCUT2D eigenvalue weighted by molar-refractivity contribution is -0.132. The van der Waals surface area contributed by atoms with E-state index in [9.17, 15) is 14.4 Å². The van der Waals surface area contributed by atoms with Crippen molar-refractivity contribution in [1.82, 2.24) is 15.1 Å². The smallest absolute Gasteiger partial charge is 0.227 e. The Balaban J connectivity index is 1.16. The largest absolute Gasteiger partial charge is 0.355 e. The molecular weight excluding hydrogens is 416 g/mol. The van der Waals surface area contributed by atoms with Crippen LogP contribution in [-0.4, -0.2) is 73.3 Å². The molecule has 0 bridgehead atoms. The number of carbonyl (C=O) groups is 3. The Morgan fingerprint density at radius 3 is 2.48 bits per heavy atom. The van der Waals surface area contributed by atoms with E-state index in [1.807, 2.05) is 60.4 Å². The van der Waals surface area contributed by atoms with Gasteiger partial charge in [-0.2, -0.15) is 0 Å². The van der Waals surface area contributed by atoms with Crippen LogP contribution >= 0.6 is 0 Å². The molecule has 7 nitrogen and oxygen atoms in total. The molecule has 1 atom stereocenters. The molecule has 2 aromatic carbocycles. The minimum absolute atomic E-state index is 0.00666. The number of benzene rings is 2. The Bertz CT molecular complexity index is 986. The highest BCUT2D eigenvalue weighted by atomic mass is 16.2. The zero-order valence-electron chi connectivity index (χ0n) is 19.2. The molecule has 1 N–H and O–H groups in total. The maximum Gasteiger partial charge on any atom is 0.227 e. The number of piperazine rings is 1. The molecule has 4 rings (SSSR count). The number of aryl methyl sites for hydroxylation is 1. The summed E-state index contributed by atoms with van der Waals surface area (Å²) in [6.07, 6.45) is 0.695. The predicted octanol–water partition coefficient (Wildman–Crippen LogP) is 1.85. The summed E-state index contributed by atoms with van der Waals surface area (Å²) in [5.74, 6) is -0.210. The summed E-state index contributed by atoms with van der Waals surface area (Å²) in [4.78, 5) is 43.4. The summed E-state index contributed by atoms with van der Waals surface area (Å²) in [5.41, 5.74) is 3.07. The van der Waals surface area contributed by atoms with E-state index in [2.05, 4.69) is 16.3 Å². The van der Waals surface area contributed by atoms with Crippen LogP contribution in [0.2, 0.25) is 0 Å². The third kappa shape index (κ3) is 5.99. The van der Waals surface area contributed by atoms with Gasteiger partial charge >= 0.3 is 0 Å². The van der Waals surface area contributed by atoms with Crippen molar-refractivity contribution in [3.8, 4) is 0 Å². The van der Waals surface area contributed by atoms with Crippen LogP contribution in [0.1, 0.15) is 17.5 Å². The Kier molecular flexibility index (Phi) is 7.40. The summed E-state index contributed by atoms with van der Waals surface area (Å²) in [6, 6.07) is 17.6. The summed E-state index contributed by atoms with van der Waals surface area (Å²) in [6.45, 7) is 6.79. The highest BCUT2D eigenvalue weighted by molar-refractivity contribution is 6.00. The maximum absolute atomic E-state index is 12.6. The van der Waals surface area contributed by atoms with Gasteiger partial charge in [-0.05, 0) is 24.6 Å². The topological polar surface area (TPSA) is 73.0 Å². The van der Waals surface area contributed by atoms with Gasteiger partial charge < -0.3 is 15.1 Å². The summed E-state index contributed by atoms with van der Waals surface area (Å²) in [5, 5.41) is 3.00. The van der Waals surface area contributed by atoms with E-state index in [1.165, 1.54) is 5.56 Å². The van der Waals surface area contributed by atoms with Crippen molar-refractivity contribution in [2.24, 2.45) is 5.92 Å². The molecule has 0 aromatic heterocycles. The molecule has 2 aromatic rings. The van der Waals surface area contributed by atoms with Gasteiger partial charge in [0.05, 0.1) is 12.3 Å². The van der Waals surface area contributed by atoms with Crippen molar-refractivity contribution in [3.05, 3.63) is 65.7 Å². The van der Waals surface area contributed by atoms with E-state index < -0.39 is 0 Å². The lowest BCUT2D eigenvalue weighted by atomic mass is 10.1. The van der Waals surface area contributed by atoms with Crippen molar-refractivity contribution >= 4 is 23.4 Å². The van der Waals surface area contributed by atoms with Gasteiger partial charge in [-0.1, -0.05) is 48.0 Å². The molecule has 174 valence electrons. The molecule has 0 spiro atoms. The molecule has 1 unspecified atom stereocenters. The van der Waals surface area contributed by atoms with Crippen molar-refractivity contribution in [2.75, 3.05) is 50.7 Å². The molecular formula is C26H32N4O3. The van der Waals surface area contributed by atoms with E-state index in [0.717, 1.165) is 30.9 Å². The minimum atomic E-state index is -0.311. The second-order valence-corrected chi connectivity index (χ2v) is 8.92. The van der Waals surface area contributed by atoms with E-state index in [1.54, 1.807) is 4.90 Å². The number of nitrogens with zero attached hydrogens (tertiary/aromatic N) is 3. The Labute approximate surface area is 195 Å². The number of nitrogens with one attached hydrogen (secondary N) is 1. The fourth-order valence-electron chi connectivity index (χ4n) is 4.55. The molecule has 33 heavy (non-hydrogen) atoms. The predicted molar refractivity (Wildman–Crippen MR) is 128 cm³/mol. The van der Waals surface area contributed by atoms with Gasteiger partial charge in [-0.15, -0.1) is 0 Å². The van der Waals surface area contributed by atoms with E-state index in [-0.39, 0.29) is 30.1 Å². The molecule has 7 heteroatoms. The van der Waals surface area contributed by atoms with E-state index >= 15 is 0 Å². The number of hydrogen-bond acceptors (Lipinski definition) is 4. The van der Waals surface area contributed by atoms with Gasteiger partial charge in [0.2, 0.25) is 17.7 Å². The fourth-order valence-corrected chi connectivity index (χ4v) is 4.55. The molecule has 2 aliphatic heterocycles. The maximum atomic E-state index is 12.6. The normalized spacial score (nSPS) is 19.1. The summed E-state index contributed by atoms with van der Waals surface area (Å²) >= 11 is 0. The van der Waals surface area contributed by atoms with Crippen molar-refractivity contribution in [2.45, 2.75) is 19.8 Å². The Morgan fingerprint density at radius 1 is 1.00 bits per heavy atom. The summed E-state index contributed by atoms with van der Waals surface area (Å²) in [7, 11) is 0. The molecule has 0 aliphatic carbocycles.